The lowest BCUT2D eigenvalue weighted by atomic mass is 10.1. The highest BCUT2D eigenvalue weighted by molar-refractivity contribution is 6.04. The number of furan rings is 1. The summed E-state index contributed by atoms with van der Waals surface area (Å²) in [5.41, 5.74) is 0.989. The van der Waals surface area contributed by atoms with Crippen molar-refractivity contribution in [2.45, 2.75) is 20.0 Å². The van der Waals surface area contributed by atoms with Crippen LogP contribution in [-0.2, 0) is 9.53 Å². The van der Waals surface area contributed by atoms with Crippen LogP contribution in [0.25, 0.3) is 11.0 Å². The van der Waals surface area contributed by atoms with Gasteiger partial charge in [-0.25, -0.2) is 4.79 Å². The number of hydrogen-bond donors (Lipinski definition) is 0. The summed E-state index contributed by atoms with van der Waals surface area (Å²) in [5, 5.41) is 0.399. The molecule has 0 spiro atoms. The first-order chi connectivity index (χ1) is 14.1. The maximum atomic E-state index is 13.1. The Hall–Kier alpha value is -3.23. The van der Waals surface area contributed by atoms with Crippen molar-refractivity contribution in [1.29, 1.82) is 0 Å². The number of hydrogen-bond acceptors (Lipinski definition) is 5. The molecule has 0 saturated heterocycles. The molecule has 1 aromatic carbocycles. The molecule has 1 amide bonds. The molecule has 0 aliphatic heterocycles. The molecule has 2 rings (SSSR count). The summed E-state index contributed by atoms with van der Waals surface area (Å²) in [7, 11) is 1.04. The van der Waals surface area contributed by atoms with Gasteiger partial charge >= 0.3 is 18.1 Å². The van der Waals surface area contributed by atoms with Crippen LogP contribution in [0, 0.1) is 6.92 Å². The van der Waals surface area contributed by atoms with E-state index in [1.807, 2.05) is 0 Å². The fraction of sp³-hybridized carbons (Fsp3) is 0.333. The SMILES string of the molecule is C=CCN(CC=C)c1cc2oc(C(=O)OCC)c(C)c2cc1N(C)C(=O)C(F)(F)F. The highest BCUT2D eigenvalue weighted by Gasteiger charge is 2.42. The largest absolute Gasteiger partial charge is 0.471 e. The van der Waals surface area contributed by atoms with Gasteiger partial charge in [0.2, 0.25) is 5.76 Å². The van der Waals surface area contributed by atoms with E-state index in [9.17, 15) is 22.8 Å². The maximum Gasteiger partial charge on any atom is 0.471 e. The Morgan fingerprint density at radius 2 is 1.77 bits per heavy atom. The molecule has 30 heavy (non-hydrogen) atoms. The van der Waals surface area contributed by atoms with E-state index in [1.54, 1.807) is 30.9 Å². The summed E-state index contributed by atoms with van der Waals surface area (Å²) in [6, 6.07) is 2.89. The smallest absolute Gasteiger partial charge is 0.460 e. The Balaban J connectivity index is 2.76. The van der Waals surface area contributed by atoms with Crippen molar-refractivity contribution in [2.75, 3.05) is 36.5 Å². The summed E-state index contributed by atoms with van der Waals surface area (Å²) >= 11 is 0. The van der Waals surface area contributed by atoms with E-state index in [4.69, 9.17) is 9.15 Å². The van der Waals surface area contributed by atoms with Gasteiger partial charge in [-0.3, -0.25) is 4.79 Å². The number of nitrogens with zero attached hydrogens (tertiary/aromatic N) is 2. The van der Waals surface area contributed by atoms with Crippen LogP contribution in [0.15, 0.2) is 41.9 Å². The lowest BCUT2D eigenvalue weighted by molar-refractivity contribution is -0.170. The normalized spacial score (nSPS) is 11.3. The molecule has 0 saturated carbocycles. The molecule has 0 aliphatic carbocycles. The Morgan fingerprint density at radius 3 is 2.27 bits per heavy atom. The number of ether oxygens (including phenoxy) is 1. The first-order valence-corrected chi connectivity index (χ1v) is 9.12. The van der Waals surface area contributed by atoms with E-state index in [2.05, 4.69) is 13.2 Å². The summed E-state index contributed by atoms with van der Waals surface area (Å²) in [6.07, 6.45) is -1.91. The molecule has 0 aliphatic rings. The first-order valence-electron chi connectivity index (χ1n) is 9.12. The van der Waals surface area contributed by atoms with E-state index in [-0.39, 0.29) is 36.7 Å². The van der Waals surface area contributed by atoms with Gasteiger partial charge in [0.1, 0.15) is 5.58 Å². The highest BCUT2D eigenvalue weighted by Crippen LogP contribution is 2.38. The van der Waals surface area contributed by atoms with Gasteiger partial charge in [0.05, 0.1) is 18.0 Å². The summed E-state index contributed by atoms with van der Waals surface area (Å²) in [4.78, 5) is 26.3. The predicted octanol–water partition coefficient (Wildman–Crippen LogP) is 4.62. The van der Waals surface area contributed by atoms with Crippen LogP contribution in [-0.4, -0.2) is 44.8 Å². The van der Waals surface area contributed by atoms with Crippen molar-refractivity contribution in [3.05, 3.63) is 48.8 Å². The quantitative estimate of drug-likeness (QED) is 0.457. The summed E-state index contributed by atoms with van der Waals surface area (Å²) < 4.78 is 49.9. The zero-order valence-corrected chi connectivity index (χ0v) is 17.0. The molecule has 1 heterocycles. The number of esters is 1. The minimum atomic E-state index is -5.05. The van der Waals surface area contributed by atoms with Crippen LogP contribution >= 0.6 is 0 Å². The Bertz CT molecular complexity index is 969. The van der Waals surface area contributed by atoms with Crippen LogP contribution in [0.4, 0.5) is 24.5 Å². The monoisotopic (exact) mass is 424 g/mol. The van der Waals surface area contributed by atoms with Gasteiger partial charge in [-0.15, -0.1) is 13.2 Å². The minimum Gasteiger partial charge on any atom is -0.460 e. The third-order valence-corrected chi connectivity index (χ3v) is 4.44. The number of carbonyl (C=O) groups excluding carboxylic acids is 2. The minimum absolute atomic E-state index is 0.00725. The number of alkyl halides is 3. The number of carbonyl (C=O) groups is 2. The highest BCUT2D eigenvalue weighted by atomic mass is 19.4. The molecule has 0 radical (unpaired) electrons. The molecule has 9 heteroatoms. The number of halogens is 3. The van der Waals surface area contributed by atoms with Crippen LogP contribution in [0.3, 0.4) is 0 Å². The Labute approximate surface area is 172 Å². The Kier molecular flexibility index (Phi) is 6.96. The van der Waals surface area contributed by atoms with Gasteiger partial charge in [-0.05, 0) is 19.9 Å². The predicted molar refractivity (Wildman–Crippen MR) is 109 cm³/mol. The number of amides is 1. The Morgan fingerprint density at radius 1 is 1.17 bits per heavy atom. The molecule has 0 N–H and O–H groups in total. The van der Waals surface area contributed by atoms with Gasteiger partial charge in [0, 0.05) is 37.2 Å². The van der Waals surface area contributed by atoms with Crippen molar-refractivity contribution < 1.29 is 31.9 Å². The van der Waals surface area contributed by atoms with Crippen LogP contribution in [0.1, 0.15) is 23.0 Å². The van der Waals surface area contributed by atoms with Gasteiger partial charge in [-0.1, -0.05) is 12.2 Å². The van der Waals surface area contributed by atoms with Crippen molar-refractivity contribution in [3.63, 3.8) is 0 Å². The number of fused-ring (bicyclic) bond motifs is 1. The maximum absolute atomic E-state index is 13.1. The topological polar surface area (TPSA) is 63.0 Å². The molecular formula is C21H23F3N2O4. The lowest BCUT2D eigenvalue weighted by Gasteiger charge is -2.28. The van der Waals surface area contributed by atoms with Gasteiger partial charge in [0.15, 0.2) is 0 Å². The third-order valence-electron chi connectivity index (χ3n) is 4.44. The fourth-order valence-electron chi connectivity index (χ4n) is 3.04. The fourth-order valence-corrected chi connectivity index (χ4v) is 3.04. The second-order valence-electron chi connectivity index (χ2n) is 6.46. The number of rotatable bonds is 8. The lowest BCUT2D eigenvalue weighted by Crippen LogP contribution is -2.39. The van der Waals surface area contributed by atoms with Crippen molar-refractivity contribution in [1.82, 2.24) is 0 Å². The van der Waals surface area contributed by atoms with Gasteiger partial charge in [0.25, 0.3) is 0 Å². The standard InChI is InChI=1S/C21H23F3N2O4/c1-6-9-26(10-7-2)16-12-17-14(13(4)18(30-17)19(27)29-8-3)11-15(16)25(5)20(28)21(22,23)24/h6-7,11-12H,1-2,8-10H2,3-5H3. The summed E-state index contributed by atoms with van der Waals surface area (Å²) in [6.45, 7) is 11.3. The van der Waals surface area contributed by atoms with Crippen LogP contribution in [0.2, 0.25) is 0 Å². The average Bonchev–Trinajstić information content (AvgIpc) is 3.01. The van der Waals surface area contributed by atoms with Crippen molar-refractivity contribution in [2.24, 2.45) is 0 Å². The summed E-state index contributed by atoms with van der Waals surface area (Å²) in [5.74, 6) is -2.74. The van der Waals surface area contributed by atoms with E-state index >= 15 is 0 Å². The number of aryl methyl sites for hydroxylation is 1. The van der Waals surface area contributed by atoms with E-state index in [1.165, 1.54) is 12.1 Å². The molecule has 2 aromatic rings. The molecule has 6 nitrogen and oxygen atoms in total. The van der Waals surface area contributed by atoms with E-state index < -0.39 is 18.1 Å². The molecule has 0 unspecified atom stereocenters. The molecule has 0 bridgehead atoms. The number of benzene rings is 1. The zero-order chi connectivity index (χ0) is 22.6. The molecule has 0 fully saturated rings. The van der Waals surface area contributed by atoms with Gasteiger partial charge < -0.3 is 19.0 Å². The van der Waals surface area contributed by atoms with Crippen LogP contribution in [0.5, 0.6) is 0 Å². The van der Waals surface area contributed by atoms with E-state index in [0.29, 0.717) is 21.5 Å². The average molecular weight is 424 g/mol. The third kappa shape index (κ3) is 4.50. The van der Waals surface area contributed by atoms with Crippen molar-refractivity contribution in [3.8, 4) is 0 Å². The zero-order valence-electron chi connectivity index (χ0n) is 17.0. The van der Waals surface area contributed by atoms with Crippen molar-refractivity contribution >= 4 is 34.2 Å². The molecule has 162 valence electrons. The molecular weight excluding hydrogens is 401 g/mol. The molecule has 0 atom stereocenters. The second kappa shape index (κ2) is 9.06. The molecule has 1 aromatic heterocycles. The number of anilines is 2. The van der Waals surface area contributed by atoms with E-state index in [0.717, 1.165) is 7.05 Å². The second-order valence-corrected chi connectivity index (χ2v) is 6.46. The van der Waals surface area contributed by atoms with Gasteiger partial charge in [-0.2, -0.15) is 13.2 Å². The van der Waals surface area contributed by atoms with Crippen LogP contribution < -0.4 is 9.80 Å². The first kappa shape index (κ1) is 23.1.